The third-order valence-electron chi connectivity index (χ3n) is 5.34. The Morgan fingerprint density at radius 1 is 1.24 bits per heavy atom. The molecule has 0 bridgehead atoms. The van der Waals surface area contributed by atoms with Crippen molar-refractivity contribution < 1.29 is 23.4 Å². The van der Waals surface area contributed by atoms with E-state index in [0.29, 0.717) is 21.7 Å². The van der Waals surface area contributed by atoms with Crippen LogP contribution in [0.3, 0.4) is 0 Å². The number of alkyl halides is 3. The van der Waals surface area contributed by atoms with Crippen LogP contribution < -0.4 is 0 Å². The molecule has 0 saturated heterocycles. The lowest BCUT2D eigenvalue weighted by Crippen LogP contribution is -2.43. The SMILES string of the molecule is CC1(O)CC(n2ncc(-c3[nH]cc(-c4ccccc4Cl)c3CO)c2C(F)(F)F)C1. The second-order valence-electron chi connectivity index (χ2n) is 7.60. The second-order valence-corrected chi connectivity index (χ2v) is 8.01. The third kappa shape index (κ3) is 3.45. The molecule has 0 atom stereocenters. The minimum Gasteiger partial charge on any atom is -0.392 e. The van der Waals surface area contributed by atoms with Gasteiger partial charge in [-0.3, -0.25) is 4.68 Å². The fourth-order valence-corrected chi connectivity index (χ4v) is 4.25. The lowest BCUT2D eigenvalue weighted by Gasteiger charge is -2.41. The van der Waals surface area contributed by atoms with Crippen LogP contribution >= 0.6 is 11.6 Å². The highest BCUT2D eigenvalue weighted by Gasteiger charge is 2.46. The Balaban J connectivity index is 1.84. The number of hydrogen-bond donors (Lipinski definition) is 3. The summed E-state index contributed by atoms with van der Waals surface area (Å²) in [5, 5.41) is 24.3. The molecule has 3 N–H and O–H groups in total. The van der Waals surface area contributed by atoms with Gasteiger partial charge in [0.05, 0.1) is 30.1 Å². The molecule has 0 radical (unpaired) electrons. The van der Waals surface area contributed by atoms with Crippen LogP contribution in [0.4, 0.5) is 13.2 Å². The fraction of sp³-hybridized carbons (Fsp3) is 0.350. The van der Waals surface area contributed by atoms with Crippen molar-refractivity contribution in [3.05, 3.63) is 52.9 Å². The first-order valence-electron chi connectivity index (χ1n) is 9.06. The zero-order chi connectivity index (χ0) is 21.0. The molecule has 9 heteroatoms. The van der Waals surface area contributed by atoms with Crippen molar-refractivity contribution in [2.75, 3.05) is 0 Å². The molecule has 0 amide bonds. The van der Waals surface area contributed by atoms with Crippen LogP contribution in [0.2, 0.25) is 5.02 Å². The molecule has 1 aliphatic carbocycles. The molecule has 3 aromatic rings. The van der Waals surface area contributed by atoms with Gasteiger partial charge in [-0.1, -0.05) is 29.8 Å². The molecule has 0 aliphatic heterocycles. The van der Waals surface area contributed by atoms with Crippen molar-refractivity contribution in [2.24, 2.45) is 0 Å². The molecule has 154 valence electrons. The number of nitrogens with one attached hydrogen (secondary N) is 1. The molecular weight excluding hydrogens is 407 g/mol. The van der Waals surface area contributed by atoms with Crippen molar-refractivity contribution in [3.63, 3.8) is 0 Å². The maximum absolute atomic E-state index is 13.9. The van der Waals surface area contributed by atoms with Gasteiger partial charge in [0.1, 0.15) is 0 Å². The van der Waals surface area contributed by atoms with Crippen LogP contribution in [0.1, 0.15) is 37.1 Å². The molecule has 1 aliphatic rings. The second kappa shape index (κ2) is 6.90. The predicted octanol–water partition coefficient (Wildman–Crippen LogP) is 4.80. The van der Waals surface area contributed by atoms with E-state index in [1.807, 2.05) is 0 Å². The summed E-state index contributed by atoms with van der Waals surface area (Å²) in [4.78, 5) is 2.86. The number of benzene rings is 1. The average Bonchev–Trinajstić information content (AvgIpc) is 3.23. The number of H-pyrrole nitrogens is 1. The molecule has 1 saturated carbocycles. The molecule has 0 unspecified atom stereocenters. The van der Waals surface area contributed by atoms with Crippen molar-refractivity contribution >= 4 is 11.6 Å². The van der Waals surface area contributed by atoms with E-state index in [0.717, 1.165) is 10.9 Å². The summed E-state index contributed by atoms with van der Waals surface area (Å²) in [5.41, 5.74) is -0.445. The van der Waals surface area contributed by atoms with Gasteiger partial charge in [0.25, 0.3) is 0 Å². The van der Waals surface area contributed by atoms with E-state index in [4.69, 9.17) is 11.6 Å². The van der Waals surface area contributed by atoms with Crippen molar-refractivity contribution in [1.29, 1.82) is 0 Å². The number of hydrogen-bond acceptors (Lipinski definition) is 3. The van der Waals surface area contributed by atoms with E-state index in [2.05, 4.69) is 10.1 Å². The van der Waals surface area contributed by atoms with Gasteiger partial charge >= 0.3 is 6.18 Å². The van der Waals surface area contributed by atoms with Crippen LogP contribution in [-0.4, -0.2) is 30.6 Å². The first kappa shape index (κ1) is 20.0. The van der Waals surface area contributed by atoms with Crippen molar-refractivity contribution in [1.82, 2.24) is 14.8 Å². The fourth-order valence-electron chi connectivity index (χ4n) is 4.01. The summed E-state index contributed by atoms with van der Waals surface area (Å²) in [6, 6.07) is 6.38. The zero-order valence-electron chi connectivity index (χ0n) is 15.5. The highest BCUT2D eigenvalue weighted by molar-refractivity contribution is 6.33. The Hall–Kier alpha value is -2.29. The van der Waals surface area contributed by atoms with E-state index < -0.39 is 30.1 Å². The Morgan fingerprint density at radius 2 is 1.93 bits per heavy atom. The molecule has 1 aromatic carbocycles. The maximum Gasteiger partial charge on any atom is 0.433 e. The van der Waals surface area contributed by atoms with E-state index >= 15 is 0 Å². The lowest BCUT2D eigenvalue weighted by molar-refractivity contribution is -0.148. The standard InChI is InChI=1S/C20H19ClF3N3O2/c1-19(29)6-11(7-19)27-18(20(22,23)24)14(9-26-27)17-15(10-28)13(8-25-17)12-4-2-3-5-16(12)21/h2-5,8-9,11,25,28-29H,6-7,10H2,1H3. The van der Waals surface area contributed by atoms with Gasteiger partial charge in [0, 0.05) is 33.5 Å². The van der Waals surface area contributed by atoms with Crippen LogP contribution in [0, 0.1) is 0 Å². The van der Waals surface area contributed by atoms with Gasteiger partial charge in [-0.15, -0.1) is 0 Å². The molecule has 2 heterocycles. The van der Waals surface area contributed by atoms with Crippen LogP contribution in [0.25, 0.3) is 22.4 Å². The van der Waals surface area contributed by atoms with E-state index in [-0.39, 0.29) is 24.1 Å². The van der Waals surface area contributed by atoms with Gasteiger partial charge < -0.3 is 15.2 Å². The van der Waals surface area contributed by atoms with Crippen LogP contribution in [0.5, 0.6) is 0 Å². The summed E-state index contributed by atoms with van der Waals surface area (Å²) in [6.45, 7) is 1.12. The van der Waals surface area contributed by atoms with Gasteiger partial charge in [0.15, 0.2) is 5.69 Å². The van der Waals surface area contributed by atoms with Gasteiger partial charge in [-0.05, 0) is 25.8 Å². The number of aliphatic hydroxyl groups is 2. The molecule has 4 rings (SSSR count). The average molecular weight is 426 g/mol. The summed E-state index contributed by atoms with van der Waals surface area (Å²) in [7, 11) is 0. The summed E-state index contributed by atoms with van der Waals surface area (Å²) >= 11 is 6.23. The van der Waals surface area contributed by atoms with E-state index in [9.17, 15) is 23.4 Å². The Morgan fingerprint density at radius 3 is 2.52 bits per heavy atom. The minimum absolute atomic E-state index is 0.145. The number of halogens is 4. The molecule has 5 nitrogen and oxygen atoms in total. The topological polar surface area (TPSA) is 74.1 Å². The van der Waals surface area contributed by atoms with E-state index in [1.54, 1.807) is 31.2 Å². The largest absolute Gasteiger partial charge is 0.433 e. The molecule has 0 spiro atoms. The highest BCUT2D eigenvalue weighted by Crippen LogP contribution is 2.47. The predicted molar refractivity (Wildman–Crippen MR) is 102 cm³/mol. The summed E-state index contributed by atoms with van der Waals surface area (Å²) in [6.07, 6.45) is -1.58. The van der Waals surface area contributed by atoms with Crippen molar-refractivity contribution in [3.8, 4) is 22.4 Å². The molecular formula is C20H19ClF3N3O2. The van der Waals surface area contributed by atoms with Crippen LogP contribution in [-0.2, 0) is 12.8 Å². The molecule has 2 aromatic heterocycles. The highest BCUT2D eigenvalue weighted by atomic mass is 35.5. The summed E-state index contributed by atoms with van der Waals surface area (Å²) in [5.74, 6) is 0. The van der Waals surface area contributed by atoms with Gasteiger partial charge in [0.2, 0.25) is 0 Å². The Labute approximate surface area is 169 Å². The number of rotatable bonds is 4. The number of aromatic amines is 1. The lowest BCUT2D eigenvalue weighted by atomic mass is 9.77. The number of aliphatic hydroxyl groups excluding tert-OH is 1. The van der Waals surface area contributed by atoms with Gasteiger partial charge in [-0.25, -0.2) is 0 Å². The van der Waals surface area contributed by atoms with Gasteiger partial charge in [-0.2, -0.15) is 18.3 Å². The minimum atomic E-state index is -4.66. The first-order valence-corrected chi connectivity index (χ1v) is 9.43. The Bertz CT molecular complexity index is 1050. The number of aromatic nitrogens is 3. The van der Waals surface area contributed by atoms with E-state index in [1.165, 1.54) is 6.20 Å². The quantitative estimate of drug-likeness (QED) is 0.562. The summed E-state index contributed by atoms with van der Waals surface area (Å²) < 4.78 is 42.8. The number of nitrogens with zero attached hydrogens (tertiary/aromatic N) is 2. The molecule has 29 heavy (non-hydrogen) atoms. The normalized spacial score (nSPS) is 22.0. The van der Waals surface area contributed by atoms with Crippen LogP contribution in [0.15, 0.2) is 36.7 Å². The third-order valence-corrected chi connectivity index (χ3v) is 5.67. The molecule has 1 fully saturated rings. The maximum atomic E-state index is 13.9. The smallest absolute Gasteiger partial charge is 0.392 e. The monoisotopic (exact) mass is 425 g/mol. The zero-order valence-corrected chi connectivity index (χ0v) is 16.2. The Kier molecular flexibility index (Phi) is 4.76. The van der Waals surface area contributed by atoms with Crippen molar-refractivity contribution in [2.45, 2.75) is 44.2 Å². The first-order chi connectivity index (χ1) is 13.6.